The molecule has 2 aromatic rings. The topological polar surface area (TPSA) is 60.9 Å². The fraction of sp³-hybridized carbons (Fsp3) is 0.0909. The molecule has 16 heavy (non-hydrogen) atoms. The third kappa shape index (κ3) is 1.79. The fourth-order valence-electron chi connectivity index (χ4n) is 1.41. The molecule has 0 radical (unpaired) electrons. The first-order chi connectivity index (χ1) is 7.59. The molecule has 5 heteroatoms. The van der Waals surface area contributed by atoms with Gasteiger partial charge in [0.25, 0.3) is 5.91 Å². The highest BCUT2D eigenvalue weighted by Gasteiger charge is 2.11. The van der Waals surface area contributed by atoms with Gasteiger partial charge in [0.1, 0.15) is 5.82 Å². The van der Waals surface area contributed by atoms with Crippen LogP contribution >= 0.6 is 11.6 Å². The Morgan fingerprint density at radius 1 is 1.50 bits per heavy atom. The molecule has 1 heterocycles. The van der Waals surface area contributed by atoms with Crippen LogP contribution in [0, 0.1) is 6.92 Å². The average Bonchev–Trinajstić information content (AvgIpc) is 2.67. The highest BCUT2D eigenvalue weighted by Crippen LogP contribution is 2.20. The van der Waals surface area contributed by atoms with Crippen molar-refractivity contribution in [3.8, 4) is 0 Å². The van der Waals surface area contributed by atoms with Gasteiger partial charge in [-0.25, -0.2) is 4.98 Å². The zero-order valence-corrected chi connectivity index (χ0v) is 9.40. The van der Waals surface area contributed by atoms with Gasteiger partial charge in [-0.1, -0.05) is 11.6 Å². The monoisotopic (exact) mass is 235 g/mol. The number of aryl methyl sites for hydroxylation is 1. The van der Waals surface area contributed by atoms with Crippen molar-refractivity contribution in [1.29, 1.82) is 0 Å². The van der Waals surface area contributed by atoms with E-state index in [0.29, 0.717) is 22.1 Å². The molecule has 1 aromatic carbocycles. The molecule has 0 spiro atoms. The van der Waals surface area contributed by atoms with Crippen LogP contribution in [0.25, 0.3) is 0 Å². The Labute approximate surface area is 97.7 Å². The van der Waals surface area contributed by atoms with E-state index in [0.717, 1.165) is 0 Å². The van der Waals surface area contributed by atoms with Gasteiger partial charge in [0, 0.05) is 18.0 Å². The van der Waals surface area contributed by atoms with Crippen molar-refractivity contribution in [2.24, 2.45) is 0 Å². The molecule has 2 N–H and O–H groups in total. The van der Waals surface area contributed by atoms with Crippen molar-refractivity contribution >= 4 is 23.2 Å². The van der Waals surface area contributed by atoms with Gasteiger partial charge in [-0.05, 0) is 25.1 Å². The normalized spacial score (nSPS) is 10.4. The second-order valence-electron chi connectivity index (χ2n) is 3.39. The summed E-state index contributed by atoms with van der Waals surface area (Å²) in [6, 6.07) is 4.81. The number of nitrogen functional groups attached to an aromatic ring is 1. The number of halogens is 1. The molecular formula is C11H10ClN3O. The summed E-state index contributed by atoms with van der Waals surface area (Å²) in [6.07, 6.45) is 3.19. The van der Waals surface area contributed by atoms with Crippen LogP contribution in [0.4, 0.5) is 5.69 Å². The summed E-state index contributed by atoms with van der Waals surface area (Å²) in [5, 5.41) is 0.443. The number of nitrogens with zero attached hydrogens (tertiary/aromatic N) is 2. The van der Waals surface area contributed by atoms with E-state index in [1.54, 1.807) is 37.5 Å². The Bertz CT molecular complexity index is 548. The second kappa shape index (κ2) is 3.98. The Kier molecular flexibility index (Phi) is 2.66. The lowest BCUT2D eigenvalue weighted by Crippen LogP contribution is -2.12. The van der Waals surface area contributed by atoms with Crippen LogP contribution in [0.2, 0.25) is 5.02 Å². The van der Waals surface area contributed by atoms with Crippen molar-refractivity contribution in [2.45, 2.75) is 6.92 Å². The summed E-state index contributed by atoms with van der Waals surface area (Å²) in [4.78, 5) is 16.0. The molecule has 0 bridgehead atoms. The Morgan fingerprint density at radius 2 is 2.25 bits per heavy atom. The standard InChI is InChI=1S/C11H10ClN3O/c1-7-14-4-5-15(7)11(16)8-2-3-9(12)10(13)6-8/h2-6H,13H2,1H3. The van der Waals surface area contributed by atoms with Crippen LogP contribution in [0.5, 0.6) is 0 Å². The minimum atomic E-state index is -0.168. The Morgan fingerprint density at radius 3 is 2.81 bits per heavy atom. The summed E-state index contributed by atoms with van der Waals surface area (Å²) >= 11 is 5.79. The first kappa shape index (κ1) is 10.7. The van der Waals surface area contributed by atoms with E-state index in [4.69, 9.17) is 17.3 Å². The molecule has 0 saturated carbocycles. The third-order valence-electron chi connectivity index (χ3n) is 2.29. The quantitative estimate of drug-likeness (QED) is 0.771. The Hall–Kier alpha value is -1.81. The lowest BCUT2D eigenvalue weighted by molar-refractivity contribution is 0.0957. The molecule has 0 amide bonds. The first-order valence-corrected chi connectivity index (χ1v) is 5.07. The number of carbonyl (C=O) groups is 1. The minimum absolute atomic E-state index is 0.168. The van der Waals surface area contributed by atoms with Crippen molar-refractivity contribution in [1.82, 2.24) is 9.55 Å². The molecule has 2 rings (SSSR count). The van der Waals surface area contributed by atoms with Gasteiger partial charge in [-0.3, -0.25) is 9.36 Å². The largest absolute Gasteiger partial charge is 0.398 e. The van der Waals surface area contributed by atoms with Gasteiger partial charge in [-0.15, -0.1) is 0 Å². The van der Waals surface area contributed by atoms with E-state index in [1.807, 2.05) is 0 Å². The maximum atomic E-state index is 12.0. The highest BCUT2D eigenvalue weighted by molar-refractivity contribution is 6.33. The number of hydrogen-bond donors (Lipinski definition) is 1. The van der Waals surface area contributed by atoms with E-state index >= 15 is 0 Å². The lowest BCUT2D eigenvalue weighted by atomic mass is 10.2. The number of imidazole rings is 1. The van der Waals surface area contributed by atoms with Crippen LogP contribution in [0.3, 0.4) is 0 Å². The first-order valence-electron chi connectivity index (χ1n) is 4.69. The van der Waals surface area contributed by atoms with Crippen molar-refractivity contribution in [2.75, 3.05) is 5.73 Å². The molecule has 0 fully saturated rings. The number of anilines is 1. The molecule has 82 valence electrons. The van der Waals surface area contributed by atoms with E-state index in [-0.39, 0.29) is 5.91 Å². The maximum absolute atomic E-state index is 12.0. The number of rotatable bonds is 1. The molecule has 4 nitrogen and oxygen atoms in total. The van der Waals surface area contributed by atoms with Crippen LogP contribution in [0.1, 0.15) is 16.2 Å². The van der Waals surface area contributed by atoms with Gasteiger partial charge in [0.05, 0.1) is 10.7 Å². The van der Waals surface area contributed by atoms with Gasteiger partial charge in [-0.2, -0.15) is 0 Å². The summed E-state index contributed by atoms with van der Waals surface area (Å²) in [6.45, 7) is 1.76. The zero-order valence-electron chi connectivity index (χ0n) is 8.64. The maximum Gasteiger partial charge on any atom is 0.263 e. The second-order valence-corrected chi connectivity index (χ2v) is 3.79. The minimum Gasteiger partial charge on any atom is -0.398 e. The summed E-state index contributed by atoms with van der Waals surface area (Å²) in [5.74, 6) is 0.469. The van der Waals surface area contributed by atoms with E-state index in [1.165, 1.54) is 4.57 Å². The Balaban J connectivity index is 2.42. The van der Waals surface area contributed by atoms with Gasteiger partial charge in [0.2, 0.25) is 0 Å². The van der Waals surface area contributed by atoms with E-state index < -0.39 is 0 Å². The number of aromatic nitrogens is 2. The van der Waals surface area contributed by atoms with Crippen LogP contribution in [-0.4, -0.2) is 15.5 Å². The number of benzene rings is 1. The number of nitrogens with two attached hydrogens (primary N) is 1. The molecule has 1 aromatic heterocycles. The predicted molar refractivity (Wildman–Crippen MR) is 62.6 cm³/mol. The van der Waals surface area contributed by atoms with E-state index in [9.17, 15) is 4.79 Å². The summed E-state index contributed by atoms with van der Waals surface area (Å²) in [7, 11) is 0. The third-order valence-corrected chi connectivity index (χ3v) is 2.63. The molecule has 0 aliphatic rings. The molecule has 0 aliphatic heterocycles. The van der Waals surface area contributed by atoms with Crippen molar-refractivity contribution < 1.29 is 4.79 Å². The molecule has 0 saturated heterocycles. The predicted octanol–water partition coefficient (Wildman–Crippen LogP) is 2.12. The van der Waals surface area contributed by atoms with Gasteiger partial charge >= 0.3 is 0 Å². The summed E-state index contributed by atoms with van der Waals surface area (Å²) < 4.78 is 1.46. The van der Waals surface area contributed by atoms with Crippen LogP contribution in [0.15, 0.2) is 30.6 Å². The molecular weight excluding hydrogens is 226 g/mol. The van der Waals surface area contributed by atoms with Crippen LogP contribution < -0.4 is 5.73 Å². The van der Waals surface area contributed by atoms with Crippen LogP contribution in [-0.2, 0) is 0 Å². The molecule has 0 unspecified atom stereocenters. The number of hydrogen-bond acceptors (Lipinski definition) is 3. The lowest BCUT2D eigenvalue weighted by Gasteiger charge is -2.05. The smallest absolute Gasteiger partial charge is 0.263 e. The highest BCUT2D eigenvalue weighted by atomic mass is 35.5. The summed E-state index contributed by atoms with van der Waals surface area (Å²) in [5.41, 5.74) is 6.52. The van der Waals surface area contributed by atoms with Gasteiger partial charge in [0.15, 0.2) is 0 Å². The fourth-order valence-corrected chi connectivity index (χ4v) is 1.53. The zero-order chi connectivity index (χ0) is 11.7. The van der Waals surface area contributed by atoms with E-state index in [2.05, 4.69) is 4.98 Å². The SMILES string of the molecule is Cc1nccn1C(=O)c1ccc(Cl)c(N)c1. The number of carbonyl (C=O) groups excluding carboxylic acids is 1. The van der Waals surface area contributed by atoms with Crippen molar-refractivity contribution in [3.05, 3.63) is 47.0 Å². The van der Waals surface area contributed by atoms with Crippen molar-refractivity contribution in [3.63, 3.8) is 0 Å². The van der Waals surface area contributed by atoms with Gasteiger partial charge < -0.3 is 5.73 Å². The molecule has 0 atom stereocenters. The average molecular weight is 236 g/mol. The molecule has 0 aliphatic carbocycles.